The average Bonchev–Trinajstić information content (AvgIpc) is 2.83. The van der Waals surface area contributed by atoms with Crippen molar-refractivity contribution in [2.75, 3.05) is 6.61 Å². The summed E-state index contributed by atoms with van der Waals surface area (Å²) in [6.07, 6.45) is 23.6. The molecule has 0 spiro atoms. The van der Waals surface area contributed by atoms with Gasteiger partial charge in [-0.25, -0.2) is 0 Å². The van der Waals surface area contributed by atoms with Gasteiger partial charge in [0.25, 0.3) is 0 Å². The summed E-state index contributed by atoms with van der Waals surface area (Å²) in [5.41, 5.74) is 2.65. The van der Waals surface area contributed by atoms with Gasteiger partial charge in [0, 0.05) is 6.42 Å². The van der Waals surface area contributed by atoms with Crippen molar-refractivity contribution in [3.05, 3.63) is 41.0 Å². The first kappa shape index (κ1) is 34.3. The number of rotatable bonds is 19. The molecule has 0 saturated heterocycles. The van der Waals surface area contributed by atoms with Gasteiger partial charge in [-0.15, -0.1) is 0 Å². The van der Waals surface area contributed by atoms with E-state index in [9.17, 15) is 9.90 Å². The Labute approximate surface area is 235 Å². The molecule has 0 bridgehead atoms. The number of aromatic hydroxyl groups is 1. The van der Waals surface area contributed by atoms with Crippen molar-refractivity contribution in [3.63, 3.8) is 0 Å². The van der Waals surface area contributed by atoms with Crippen LogP contribution in [0.1, 0.15) is 161 Å². The number of aryl methyl sites for hydroxylation is 1. The monoisotopic (exact) mass is 528 g/mol. The number of allylic oxidation sites excluding steroid dienone is 2. The van der Waals surface area contributed by atoms with Crippen molar-refractivity contribution in [2.24, 2.45) is 0 Å². The molecule has 0 unspecified atom stereocenters. The fraction of sp³-hybridized carbons (Fsp3) is 0.743. The maximum atomic E-state index is 12.3. The van der Waals surface area contributed by atoms with Crippen LogP contribution in [0, 0.1) is 0 Å². The van der Waals surface area contributed by atoms with Gasteiger partial charge in [-0.05, 0) is 66.0 Å². The summed E-state index contributed by atoms with van der Waals surface area (Å²) >= 11 is 0. The molecule has 38 heavy (non-hydrogen) atoms. The molecule has 0 saturated carbocycles. The molecule has 218 valence electrons. The van der Waals surface area contributed by atoms with Gasteiger partial charge in [0.2, 0.25) is 0 Å². The van der Waals surface area contributed by atoms with E-state index in [4.69, 9.17) is 4.74 Å². The Morgan fingerprint density at radius 2 is 1.18 bits per heavy atom. The molecule has 0 radical (unpaired) electrons. The number of carbonyl (C=O) groups excluding carboxylic acids is 1. The smallest absolute Gasteiger partial charge is 0.306 e. The van der Waals surface area contributed by atoms with Crippen LogP contribution >= 0.6 is 0 Å². The molecule has 0 heterocycles. The predicted octanol–water partition coefficient (Wildman–Crippen LogP) is 10.5. The third kappa shape index (κ3) is 15.0. The van der Waals surface area contributed by atoms with Crippen molar-refractivity contribution < 1.29 is 14.6 Å². The van der Waals surface area contributed by atoms with Crippen LogP contribution in [0.5, 0.6) is 5.75 Å². The largest absolute Gasteiger partial charge is 0.507 e. The van der Waals surface area contributed by atoms with Crippen LogP contribution in [0.4, 0.5) is 0 Å². The van der Waals surface area contributed by atoms with E-state index in [0.29, 0.717) is 25.2 Å². The normalized spacial score (nSPS) is 12.4. The molecule has 0 atom stereocenters. The first-order valence-electron chi connectivity index (χ1n) is 15.6. The minimum Gasteiger partial charge on any atom is -0.507 e. The summed E-state index contributed by atoms with van der Waals surface area (Å²) in [5, 5.41) is 10.9. The molecule has 0 aliphatic rings. The third-order valence-corrected chi connectivity index (χ3v) is 7.32. The summed E-state index contributed by atoms with van der Waals surface area (Å²) < 4.78 is 5.50. The minimum atomic E-state index is -0.162. The van der Waals surface area contributed by atoms with Crippen LogP contribution in [0.2, 0.25) is 0 Å². The second-order valence-corrected chi connectivity index (χ2v) is 13.2. The number of ether oxygens (including phenoxy) is 1. The van der Waals surface area contributed by atoms with E-state index in [1.165, 1.54) is 77.0 Å². The summed E-state index contributed by atoms with van der Waals surface area (Å²) in [6, 6.07) is 4.12. The quantitative estimate of drug-likeness (QED) is 0.110. The van der Waals surface area contributed by atoms with Crippen molar-refractivity contribution >= 4 is 5.97 Å². The summed E-state index contributed by atoms with van der Waals surface area (Å²) in [6.45, 7) is 15.5. The lowest BCUT2D eigenvalue weighted by Crippen LogP contribution is -2.18. The first-order valence-corrected chi connectivity index (χ1v) is 15.6. The number of phenols is 1. The van der Waals surface area contributed by atoms with Crippen LogP contribution in [-0.4, -0.2) is 17.7 Å². The van der Waals surface area contributed by atoms with Gasteiger partial charge in [-0.1, -0.05) is 131 Å². The van der Waals surface area contributed by atoms with E-state index in [-0.39, 0.29) is 16.8 Å². The standard InChI is InChI=1S/C35H60O3/c1-8-9-10-11-12-13-14-15-16-17-18-19-20-21-22-23-26-38-32(36)25-24-29-27-30(34(2,3)4)33(37)31(28-29)35(5,6)7/h15-16,27-28,37H,8-14,17-26H2,1-7H3/b16-15-. The fourth-order valence-corrected chi connectivity index (χ4v) is 4.84. The Hall–Kier alpha value is -1.77. The van der Waals surface area contributed by atoms with E-state index >= 15 is 0 Å². The first-order chi connectivity index (χ1) is 18.0. The Morgan fingerprint density at radius 3 is 1.66 bits per heavy atom. The number of esters is 1. The van der Waals surface area contributed by atoms with Crippen molar-refractivity contribution in [1.29, 1.82) is 0 Å². The second-order valence-electron chi connectivity index (χ2n) is 13.2. The number of benzene rings is 1. The molecule has 0 fully saturated rings. The van der Waals surface area contributed by atoms with Gasteiger partial charge in [0.1, 0.15) is 5.75 Å². The maximum absolute atomic E-state index is 12.3. The Bertz CT molecular complexity index is 772. The Morgan fingerprint density at radius 1 is 0.737 bits per heavy atom. The van der Waals surface area contributed by atoms with Crippen LogP contribution in [-0.2, 0) is 26.8 Å². The van der Waals surface area contributed by atoms with Gasteiger partial charge >= 0.3 is 5.97 Å². The molecule has 1 aromatic rings. The molecule has 0 aromatic heterocycles. The van der Waals surface area contributed by atoms with Crippen molar-refractivity contribution in [2.45, 2.75) is 162 Å². The zero-order valence-corrected chi connectivity index (χ0v) is 26.1. The van der Waals surface area contributed by atoms with Gasteiger partial charge in [0.05, 0.1) is 6.61 Å². The Kier molecular flexibility index (Phi) is 16.7. The van der Waals surface area contributed by atoms with Crippen LogP contribution < -0.4 is 0 Å². The number of hydrogen-bond donors (Lipinski definition) is 1. The number of unbranched alkanes of at least 4 members (excludes halogenated alkanes) is 12. The molecule has 0 aliphatic carbocycles. The zero-order chi connectivity index (χ0) is 28.4. The summed E-state index contributed by atoms with van der Waals surface area (Å²) in [4.78, 5) is 12.3. The molecule has 3 heteroatoms. The van der Waals surface area contributed by atoms with E-state index < -0.39 is 0 Å². The number of carbonyl (C=O) groups is 1. The lowest BCUT2D eigenvalue weighted by Gasteiger charge is -2.28. The van der Waals surface area contributed by atoms with Crippen molar-refractivity contribution in [1.82, 2.24) is 0 Å². The molecule has 0 aliphatic heterocycles. The molecule has 1 aromatic carbocycles. The lowest BCUT2D eigenvalue weighted by atomic mass is 9.78. The van der Waals surface area contributed by atoms with E-state index in [2.05, 4.69) is 72.8 Å². The topological polar surface area (TPSA) is 46.5 Å². The van der Waals surface area contributed by atoms with E-state index in [0.717, 1.165) is 29.5 Å². The van der Waals surface area contributed by atoms with Gasteiger partial charge in [-0.2, -0.15) is 0 Å². The van der Waals surface area contributed by atoms with Gasteiger partial charge in [-0.3, -0.25) is 4.79 Å². The number of hydrogen-bond acceptors (Lipinski definition) is 3. The summed E-state index contributed by atoms with van der Waals surface area (Å²) in [5.74, 6) is 0.261. The molecular weight excluding hydrogens is 468 g/mol. The highest BCUT2D eigenvalue weighted by atomic mass is 16.5. The molecule has 3 nitrogen and oxygen atoms in total. The molecule has 1 rings (SSSR count). The van der Waals surface area contributed by atoms with Crippen LogP contribution in [0.3, 0.4) is 0 Å². The fourth-order valence-electron chi connectivity index (χ4n) is 4.84. The molecule has 0 amide bonds. The SMILES string of the molecule is CCCCCCCC/C=C\CCCCCCCCOC(=O)CCc1cc(C(C)(C)C)c(O)c(C(C)(C)C)c1. The highest BCUT2D eigenvalue weighted by Gasteiger charge is 2.26. The second kappa shape index (κ2) is 18.5. The summed E-state index contributed by atoms with van der Waals surface area (Å²) in [7, 11) is 0. The highest BCUT2D eigenvalue weighted by Crippen LogP contribution is 2.40. The molecular formula is C35H60O3. The van der Waals surface area contributed by atoms with Crippen LogP contribution in [0.15, 0.2) is 24.3 Å². The average molecular weight is 529 g/mol. The molecule has 1 N–H and O–H groups in total. The van der Waals surface area contributed by atoms with Gasteiger partial charge in [0.15, 0.2) is 0 Å². The highest BCUT2D eigenvalue weighted by molar-refractivity contribution is 5.69. The zero-order valence-electron chi connectivity index (χ0n) is 26.1. The lowest BCUT2D eigenvalue weighted by molar-refractivity contribution is -0.143. The van der Waals surface area contributed by atoms with E-state index in [1.54, 1.807) is 0 Å². The van der Waals surface area contributed by atoms with Crippen LogP contribution in [0.25, 0.3) is 0 Å². The third-order valence-electron chi connectivity index (χ3n) is 7.32. The predicted molar refractivity (Wildman–Crippen MR) is 164 cm³/mol. The minimum absolute atomic E-state index is 0.125. The van der Waals surface area contributed by atoms with Gasteiger partial charge < -0.3 is 9.84 Å². The van der Waals surface area contributed by atoms with E-state index in [1.807, 2.05) is 0 Å². The maximum Gasteiger partial charge on any atom is 0.306 e. The van der Waals surface area contributed by atoms with Crippen molar-refractivity contribution in [3.8, 4) is 5.75 Å². The Balaban J connectivity index is 2.17. The number of phenolic OH excluding ortho intramolecular Hbond substituents is 1.